The molecule has 0 saturated heterocycles. The Kier molecular flexibility index (Phi) is 4.28. The first kappa shape index (κ1) is 17.1. The monoisotopic (exact) mass is 361 g/mol. The fourth-order valence-corrected chi connectivity index (χ4v) is 3.56. The van der Waals surface area contributed by atoms with E-state index >= 15 is 0 Å². The van der Waals surface area contributed by atoms with Crippen LogP contribution in [-0.2, 0) is 9.47 Å². The molecule has 0 radical (unpaired) electrons. The van der Waals surface area contributed by atoms with E-state index in [1.165, 1.54) is 0 Å². The van der Waals surface area contributed by atoms with Crippen molar-refractivity contribution in [2.45, 2.75) is 13.8 Å². The largest absolute Gasteiger partial charge is 0.462 e. The normalized spacial score (nSPS) is 11.2. The van der Waals surface area contributed by atoms with Crippen LogP contribution in [0, 0.1) is 0 Å². The van der Waals surface area contributed by atoms with Crippen LogP contribution in [-0.4, -0.2) is 29.6 Å². The summed E-state index contributed by atoms with van der Waals surface area (Å²) in [6, 6.07) is 17.5. The van der Waals surface area contributed by atoms with Gasteiger partial charge in [-0.3, -0.25) is 0 Å². The maximum atomic E-state index is 12.8. The third-order valence-electron chi connectivity index (χ3n) is 4.60. The van der Waals surface area contributed by atoms with Gasteiger partial charge in [0.05, 0.1) is 29.8 Å². The molecule has 0 aliphatic heterocycles. The standard InChI is InChI=1S/C22H19NO4/c1-3-26-21(24)17-13-19-16-11-6-5-9-14(16)15-10-7-8-12-18(15)23(19)20(17)22(25)27-4-2/h5-13H,3-4H2,1-2H3. The topological polar surface area (TPSA) is 57.0 Å². The number of fused-ring (bicyclic) bond motifs is 6. The molecule has 0 atom stereocenters. The molecular weight excluding hydrogens is 342 g/mol. The molecule has 27 heavy (non-hydrogen) atoms. The molecule has 0 saturated carbocycles. The number of hydrogen-bond acceptors (Lipinski definition) is 4. The fourth-order valence-electron chi connectivity index (χ4n) is 3.56. The van der Waals surface area contributed by atoms with Gasteiger partial charge in [-0.15, -0.1) is 0 Å². The average molecular weight is 361 g/mol. The summed E-state index contributed by atoms with van der Waals surface area (Å²) in [6.45, 7) is 3.93. The van der Waals surface area contributed by atoms with Gasteiger partial charge in [-0.25, -0.2) is 9.59 Å². The summed E-state index contributed by atoms with van der Waals surface area (Å²) in [7, 11) is 0. The van der Waals surface area contributed by atoms with Gasteiger partial charge in [0.1, 0.15) is 5.69 Å². The van der Waals surface area contributed by atoms with Gasteiger partial charge >= 0.3 is 11.9 Å². The van der Waals surface area contributed by atoms with Crippen LogP contribution < -0.4 is 0 Å². The first-order valence-electron chi connectivity index (χ1n) is 8.96. The van der Waals surface area contributed by atoms with Gasteiger partial charge in [-0.05, 0) is 31.4 Å². The lowest BCUT2D eigenvalue weighted by Crippen LogP contribution is -2.15. The first-order chi connectivity index (χ1) is 13.2. The molecule has 4 rings (SSSR count). The molecular formula is C22H19NO4. The number of para-hydroxylation sites is 1. The van der Waals surface area contributed by atoms with Crippen LogP contribution in [0.15, 0.2) is 54.6 Å². The van der Waals surface area contributed by atoms with Crippen molar-refractivity contribution in [3.63, 3.8) is 0 Å². The molecule has 2 heterocycles. The van der Waals surface area contributed by atoms with E-state index in [4.69, 9.17) is 9.47 Å². The maximum Gasteiger partial charge on any atom is 0.356 e. The minimum Gasteiger partial charge on any atom is -0.462 e. The summed E-state index contributed by atoms with van der Waals surface area (Å²) in [6.07, 6.45) is 0. The van der Waals surface area contributed by atoms with Crippen LogP contribution in [0.3, 0.4) is 0 Å². The molecule has 5 heteroatoms. The highest BCUT2D eigenvalue weighted by atomic mass is 16.5. The van der Waals surface area contributed by atoms with Crippen molar-refractivity contribution in [2.75, 3.05) is 13.2 Å². The Bertz CT molecular complexity index is 1190. The number of rotatable bonds is 4. The van der Waals surface area contributed by atoms with Crippen LogP contribution in [0.1, 0.15) is 34.7 Å². The zero-order chi connectivity index (χ0) is 19.0. The number of hydrogen-bond donors (Lipinski definition) is 0. The van der Waals surface area contributed by atoms with E-state index in [9.17, 15) is 9.59 Å². The SMILES string of the molecule is CCOC(=O)c1cc2c3ccccc3c3ccccc3n2c1C(=O)OCC. The molecule has 4 aromatic rings. The minimum absolute atomic E-state index is 0.201. The van der Waals surface area contributed by atoms with Gasteiger partial charge in [-0.2, -0.15) is 0 Å². The summed E-state index contributed by atoms with van der Waals surface area (Å²) in [5.74, 6) is -1.07. The van der Waals surface area contributed by atoms with E-state index in [2.05, 4.69) is 0 Å². The molecule has 0 spiro atoms. The van der Waals surface area contributed by atoms with Crippen LogP contribution in [0.5, 0.6) is 0 Å². The Hall–Kier alpha value is -3.34. The third-order valence-corrected chi connectivity index (χ3v) is 4.60. The number of aromatic nitrogens is 1. The molecule has 5 nitrogen and oxygen atoms in total. The van der Waals surface area contributed by atoms with E-state index in [1.54, 1.807) is 19.9 Å². The summed E-state index contributed by atoms with van der Waals surface area (Å²) in [5.41, 5.74) is 2.03. The quantitative estimate of drug-likeness (QED) is 0.394. The van der Waals surface area contributed by atoms with Crippen LogP contribution in [0.4, 0.5) is 0 Å². The van der Waals surface area contributed by atoms with E-state index in [0.29, 0.717) is 0 Å². The van der Waals surface area contributed by atoms with Crippen molar-refractivity contribution in [1.29, 1.82) is 0 Å². The Morgan fingerprint density at radius 2 is 1.33 bits per heavy atom. The smallest absolute Gasteiger partial charge is 0.356 e. The number of nitrogens with zero attached hydrogens (tertiary/aromatic N) is 1. The summed E-state index contributed by atoms with van der Waals surface area (Å²) in [5, 5.41) is 3.01. The number of carbonyl (C=O) groups excluding carboxylic acids is 2. The highest BCUT2D eigenvalue weighted by molar-refractivity contribution is 6.16. The lowest BCUT2D eigenvalue weighted by molar-refractivity contribution is 0.0474. The molecule has 0 fully saturated rings. The second-order valence-electron chi connectivity index (χ2n) is 6.13. The van der Waals surface area contributed by atoms with Gasteiger partial charge in [0.2, 0.25) is 0 Å². The number of carbonyl (C=O) groups is 2. The molecule has 0 bridgehead atoms. The first-order valence-corrected chi connectivity index (χ1v) is 8.96. The Balaban J connectivity index is 2.21. The molecule has 0 aliphatic rings. The van der Waals surface area contributed by atoms with Gasteiger partial charge < -0.3 is 13.9 Å². The van der Waals surface area contributed by atoms with Crippen molar-refractivity contribution < 1.29 is 19.1 Å². The van der Waals surface area contributed by atoms with Crippen molar-refractivity contribution in [3.05, 3.63) is 65.9 Å². The molecule has 0 N–H and O–H groups in total. The van der Waals surface area contributed by atoms with Crippen LogP contribution in [0.25, 0.3) is 27.2 Å². The molecule has 2 aromatic heterocycles. The Morgan fingerprint density at radius 1 is 0.778 bits per heavy atom. The Morgan fingerprint density at radius 3 is 2.00 bits per heavy atom. The highest BCUT2D eigenvalue weighted by Crippen LogP contribution is 2.33. The number of pyridine rings is 1. The van der Waals surface area contributed by atoms with Crippen LogP contribution in [0.2, 0.25) is 0 Å². The Labute approximate surface area is 156 Å². The van der Waals surface area contributed by atoms with E-state index in [1.807, 2.05) is 52.9 Å². The lowest BCUT2D eigenvalue weighted by Gasteiger charge is -2.11. The molecule has 0 unspecified atom stereocenters. The van der Waals surface area contributed by atoms with Gasteiger partial charge in [0.25, 0.3) is 0 Å². The lowest BCUT2D eigenvalue weighted by atomic mass is 10.1. The van der Waals surface area contributed by atoms with Crippen molar-refractivity contribution >= 4 is 39.1 Å². The molecule has 0 amide bonds. The zero-order valence-electron chi connectivity index (χ0n) is 15.2. The van der Waals surface area contributed by atoms with Gasteiger partial charge in [0.15, 0.2) is 0 Å². The fraction of sp³-hybridized carbons (Fsp3) is 0.182. The van der Waals surface area contributed by atoms with Gasteiger partial charge in [0, 0.05) is 10.8 Å². The molecule has 0 aliphatic carbocycles. The molecule has 2 aromatic carbocycles. The third kappa shape index (κ3) is 2.63. The average Bonchev–Trinajstić information content (AvgIpc) is 3.10. The van der Waals surface area contributed by atoms with Crippen molar-refractivity contribution in [1.82, 2.24) is 4.40 Å². The van der Waals surface area contributed by atoms with E-state index in [-0.39, 0.29) is 24.5 Å². The molecule has 136 valence electrons. The van der Waals surface area contributed by atoms with Gasteiger partial charge in [-0.1, -0.05) is 42.5 Å². The zero-order valence-corrected chi connectivity index (χ0v) is 15.2. The van der Waals surface area contributed by atoms with Crippen molar-refractivity contribution in [2.24, 2.45) is 0 Å². The second-order valence-corrected chi connectivity index (χ2v) is 6.13. The number of ether oxygens (including phenoxy) is 2. The maximum absolute atomic E-state index is 12.8. The minimum atomic E-state index is -0.541. The summed E-state index contributed by atoms with van der Waals surface area (Å²) in [4.78, 5) is 25.4. The summed E-state index contributed by atoms with van der Waals surface area (Å²) >= 11 is 0. The highest BCUT2D eigenvalue weighted by Gasteiger charge is 2.26. The predicted molar refractivity (Wildman–Crippen MR) is 104 cm³/mol. The van der Waals surface area contributed by atoms with Crippen molar-refractivity contribution in [3.8, 4) is 0 Å². The predicted octanol–water partition coefficient (Wildman–Crippen LogP) is 4.60. The second kappa shape index (κ2) is 6.76. The summed E-state index contributed by atoms with van der Waals surface area (Å²) < 4.78 is 12.3. The number of benzene rings is 2. The van der Waals surface area contributed by atoms with E-state index in [0.717, 1.165) is 27.2 Å². The number of esters is 2. The van der Waals surface area contributed by atoms with Crippen LogP contribution >= 0.6 is 0 Å². The van der Waals surface area contributed by atoms with E-state index < -0.39 is 11.9 Å².